The second-order valence-corrected chi connectivity index (χ2v) is 5.93. The second kappa shape index (κ2) is 5.21. The smallest absolute Gasteiger partial charge is 0.252 e. The van der Waals surface area contributed by atoms with Crippen LogP contribution >= 0.6 is 15.9 Å². The third kappa shape index (κ3) is 3.09. The van der Waals surface area contributed by atoms with Crippen molar-refractivity contribution in [3.63, 3.8) is 0 Å². The Morgan fingerprint density at radius 3 is 2.82 bits per heavy atom. The summed E-state index contributed by atoms with van der Waals surface area (Å²) in [6, 6.07) is 6.21. The first kappa shape index (κ1) is 12.6. The third-order valence-electron chi connectivity index (χ3n) is 3.40. The minimum absolute atomic E-state index is 0.0414. The van der Waals surface area contributed by atoms with E-state index in [1.54, 1.807) is 0 Å². The zero-order valence-corrected chi connectivity index (χ0v) is 11.9. The molecular formula is C14H18BrNO. The second-order valence-electron chi connectivity index (χ2n) is 5.07. The monoisotopic (exact) mass is 295 g/mol. The molecule has 0 spiro atoms. The molecule has 0 aliphatic heterocycles. The molecule has 0 heterocycles. The Kier molecular flexibility index (Phi) is 3.87. The van der Waals surface area contributed by atoms with Crippen LogP contribution in [-0.2, 0) is 0 Å². The van der Waals surface area contributed by atoms with Crippen molar-refractivity contribution < 1.29 is 4.79 Å². The van der Waals surface area contributed by atoms with Crippen molar-refractivity contribution in [3.8, 4) is 0 Å². The highest BCUT2D eigenvalue weighted by molar-refractivity contribution is 9.10. The largest absolute Gasteiger partial charge is 0.349 e. The molecule has 2 nitrogen and oxygen atoms in total. The van der Waals surface area contributed by atoms with Gasteiger partial charge in [-0.05, 0) is 60.2 Å². The fraction of sp³-hybridized carbons (Fsp3) is 0.500. The van der Waals surface area contributed by atoms with Gasteiger partial charge in [-0.1, -0.05) is 18.6 Å². The van der Waals surface area contributed by atoms with Gasteiger partial charge in [0.05, 0.1) is 5.56 Å². The summed E-state index contributed by atoms with van der Waals surface area (Å²) in [6.45, 7) is 4.25. The number of halogens is 1. The van der Waals surface area contributed by atoms with Gasteiger partial charge in [-0.2, -0.15) is 0 Å². The topological polar surface area (TPSA) is 29.1 Å². The maximum atomic E-state index is 12.1. The number of benzene rings is 1. The van der Waals surface area contributed by atoms with Crippen LogP contribution in [0.3, 0.4) is 0 Å². The summed E-state index contributed by atoms with van der Waals surface area (Å²) >= 11 is 3.43. The van der Waals surface area contributed by atoms with Crippen LogP contribution in [0.25, 0.3) is 0 Å². The van der Waals surface area contributed by atoms with Gasteiger partial charge in [0.2, 0.25) is 0 Å². The summed E-state index contributed by atoms with van der Waals surface area (Å²) in [5.74, 6) is 0.779. The average Bonchev–Trinajstić information content (AvgIpc) is 2.67. The Labute approximate surface area is 111 Å². The fourth-order valence-corrected chi connectivity index (χ4v) is 2.84. The van der Waals surface area contributed by atoms with Crippen LogP contribution in [-0.4, -0.2) is 11.9 Å². The number of nitrogens with one attached hydrogen (secondary N) is 1. The van der Waals surface area contributed by atoms with Crippen LogP contribution in [0.5, 0.6) is 0 Å². The van der Waals surface area contributed by atoms with E-state index in [4.69, 9.17) is 0 Å². The van der Waals surface area contributed by atoms with Crippen molar-refractivity contribution in [1.82, 2.24) is 5.32 Å². The molecule has 92 valence electrons. The predicted octanol–water partition coefficient (Wildman–Crippen LogP) is 3.68. The van der Waals surface area contributed by atoms with E-state index in [9.17, 15) is 4.79 Å². The van der Waals surface area contributed by atoms with Gasteiger partial charge in [-0.25, -0.2) is 0 Å². The molecule has 1 saturated carbocycles. The lowest BCUT2D eigenvalue weighted by molar-refractivity contribution is 0.0936. The molecule has 0 saturated heterocycles. The zero-order valence-electron chi connectivity index (χ0n) is 10.3. The maximum Gasteiger partial charge on any atom is 0.252 e. The Balaban J connectivity index is 2.06. The van der Waals surface area contributed by atoms with Gasteiger partial charge in [0.1, 0.15) is 0 Å². The lowest BCUT2D eigenvalue weighted by Gasteiger charge is -2.13. The van der Waals surface area contributed by atoms with Gasteiger partial charge in [0.15, 0.2) is 0 Å². The Hall–Kier alpha value is -0.830. The molecule has 1 aromatic carbocycles. The fourth-order valence-electron chi connectivity index (χ4n) is 2.41. The molecule has 1 fully saturated rings. The lowest BCUT2D eigenvalue weighted by atomic mass is 10.1. The van der Waals surface area contributed by atoms with Gasteiger partial charge >= 0.3 is 0 Å². The minimum Gasteiger partial charge on any atom is -0.349 e. The van der Waals surface area contributed by atoms with E-state index in [2.05, 4.69) is 28.2 Å². The first-order chi connectivity index (χ1) is 8.06. The highest BCUT2D eigenvalue weighted by atomic mass is 79.9. The van der Waals surface area contributed by atoms with E-state index < -0.39 is 0 Å². The molecule has 2 unspecified atom stereocenters. The molecule has 1 aliphatic carbocycles. The number of hydrogen-bond acceptors (Lipinski definition) is 1. The highest BCUT2D eigenvalue weighted by Crippen LogP contribution is 2.25. The average molecular weight is 296 g/mol. The molecule has 3 heteroatoms. The number of carbonyl (C=O) groups excluding carboxylic acids is 1. The van der Waals surface area contributed by atoms with Crippen molar-refractivity contribution >= 4 is 21.8 Å². The number of rotatable bonds is 2. The Bertz CT molecular complexity index is 430. The van der Waals surface area contributed by atoms with Crippen LogP contribution in [0.15, 0.2) is 22.7 Å². The Morgan fingerprint density at radius 2 is 2.18 bits per heavy atom. The summed E-state index contributed by atoms with van der Waals surface area (Å²) in [7, 11) is 0. The number of carbonyl (C=O) groups is 1. The first-order valence-electron chi connectivity index (χ1n) is 6.13. The van der Waals surface area contributed by atoms with E-state index >= 15 is 0 Å². The predicted molar refractivity (Wildman–Crippen MR) is 73.1 cm³/mol. The van der Waals surface area contributed by atoms with Crippen molar-refractivity contribution in [1.29, 1.82) is 0 Å². The van der Waals surface area contributed by atoms with Gasteiger partial charge in [0.25, 0.3) is 5.91 Å². The molecule has 0 radical (unpaired) electrons. The van der Waals surface area contributed by atoms with E-state index in [0.29, 0.717) is 6.04 Å². The zero-order chi connectivity index (χ0) is 12.4. The first-order valence-corrected chi connectivity index (χ1v) is 6.92. The number of amides is 1. The summed E-state index contributed by atoms with van der Waals surface area (Å²) < 4.78 is 0.867. The summed E-state index contributed by atoms with van der Waals surface area (Å²) in [4.78, 5) is 12.1. The number of hydrogen-bond donors (Lipinski definition) is 1. The molecule has 1 N–H and O–H groups in total. The van der Waals surface area contributed by atoms with Crippen molar-refractivity contribution in [2.24, 2.45) is 5.92 Å². The molecule has 0 aromatic heterocycles. The molecule has 1 amide bonds. The Morgan fingerprint density at radius 1 is 1.41 bits per heavy atom. The van der Waals surface area contributed by atoms with Crippen LogP contribution < -0.4 is 5.32 Å². The maximum absolute atomic E-state index is 12.1. The number of aryl methyl sites for hydroxylation is 1. The van der Waals surface area contributed by atoms with Crippen LogP contribution in [0.1, 0.15) is 42.1 Å². The van der Waals surface area contributed by atoms with Crippen LogP contribution in [0.4, 0.5) is 0 Å². The molecule has 2 atom stereocenters. The molecule has 1 aromatic rings. The molecule has 17 heavy (non-hydrogen) atoms. The van der Waals surface area contributed by atoms with Gasteiger partial charge in [0, 0.05) is 10.5 Å². The van der Waals surface area contributed by atoms with E-state index in [1.165, 1.54) is 6.42 Å². The standard InChI is InChI=1S/C14H18BrNO/c1-9-3-5-11(7-9)16-14(17)12-8-10(2)4-6-13(12)15/h4,6,8-9,11H,3,5,7H2,1-2H3,(H,16,17). The quantitative estimate of drug-likeness (QED) is 0.886. The van der Waals surface area contributed by atoms with E-state index in [1.807, 2.05) is 25.1 Å². The van der Waals surface area contributed by atoms with Crippen LogP contribution in [0.2, 0.25) is 0 Å². The third-order valence-corrected chi connectivity index (χ3v) is 4.09. The van der Waals surface area contributed by atoms with Crippen molar-refractivity contribution in [3.05, 3.63) is 33.8 Å². The highest BCUT2D eigenvalue weighted by Gasteiger charge is 2.23. The summed E-state index contributed by atoms with van der Waals surface area (Å²) in [5, 5.41) is 3.12. The molecule has 0 bridgehead atoms. The van der Waals surface area contributed by atoms with E-state index in [-0.39, 0.29) is 5.91 Å². The van der Waals surface area contributed by atoms with Crippen LogP contribution in [0, 0.1) is 12.8 Å². The normalized spacial score (nSPS) is 23.7. The van der Waals surface area contributed by atoms with Gasteiger partial charge in [-0.3, -0.25) is 4.79 Å². The van der Waals surface area contributed by atoms with Gasteiger partial charge < -0.3 is 5.32 Å². The molecular weight excluding hydrogens is 278 g/mol. The van der Waals surface area contributed by atoms with Gasteiger partial charge in [-0.15, -0.1) is 0 Å². The summed E-state index contributed by atoms with van der Waals surface area (Å²) in [6.07, 6.45) is 3.44. The van der Waals surface area contributed by atoms with Crippen molar-refractivity contribution in [2.75, 3.05) is 0 Å². The molecule has 1 aliphatic rings. The molecule has 2 rings (SSSR count). The SMILES string of the molecule is Cc1ccc(Br)c(C(=O)NC2CCC(C)C2)c1. The minimum atomic E-state index is 0.0414. The van der Waals surface area contributed by atoms with E-state index in [0.717, 1.165) is 34.4 Å². The lowest BCUT2D eigenvalue weighted by Crippen LogP contribution is -2.33. The summed E-state index contributed by atoms with van der Waals surface area (Å²) in [5.41, 5.74) is 1.85. The van der Waals surface area contributed by atoms with Crippen molar-refractivity contribution in [2.45, 2.75) is 39.2 Å².